The Labute approximate surface area is 149 Å². The fraction of sp³-hybridized carbons (Fsp3) is 0.100. The third-order valence-corrected chi connectivity index (χ3v) is 5.80. The van der Waals surface area contributed by atoms with Gasteiger partial charge in [0, 0.05) is 17.6 Å². The first kappa shape index (κ1) is 15.8. The highest BCUT2D eigenvalue weighted by atomic mass is 31.2. The summed E-state index contributed by atoms with van der Waals surface area (Å²) in [6.07, 6.45) is 1.85. The summed E-state index contributed by atoms with van der Waals surface area (Å²) >= 11 is 0. The van der Waals surface area contributed by atoms with Gasteiger partial charge in [0.2, 0.25) is 5.79 Å². The van der Waals surface area contributed by atoms with Gasteiger partial charge in [-0.3, -0.25) is 4.89 Å². The Hall–Kier alpha value is -2.43. The number of hydrogen-bond acceptors (Lipinski definition) is 4. The minimum Gasteiger partial charge on any atom is -0.403 e. The van der Waals surface area contributed by atoms with Crippen LogP contribution < -0.4 is 15.0 Å². The molecule has 1 aliphatic heterocycles. The molecule has 0 fully saturated rings. The van der Waals surface area contributed by atoms with Crippen LogP contribution in [0.5, 0.6) is 5.75 Å². The highest BCUT2D eigenvalue weighted by Crippen LogP contribution is 2.56. The van der Waals surface area contributed by atoms with Crippen LogP contribution in [-0.2, 0) is 9.09 Å². The third kappa shape index (κ3) is 2.26. The molecule has 5 nitrogen and oxygen atoms in total. The Morgan fingerprint density at radius 1 is 1.00 bits per heavy atom. The zero-order valence-corrected chi connectivity index (χ0v) is 14.5. The van der Waals surface area contributed by atoms with E-state index in [0.29, 0.717) is 11.1 Å². The Morgan fingerprint density at radius 2 is 1.77 bits per heavy atom. The summed E-state index contributed by atoms with van der Waals surface area (Å²) in [4.78, 5) is 10.1. The SMILES string of the molecule is O=P1(O)Oc2ccc3ccccc3c2C2=c3ccccc3=CC[C@]2(O)O1. The topological polar surface area (TPSA) is 76.0 Å². The molecular weight excluding hydrogens is 351 g/mol. The van der Waals surface area contributed by atoms with Gasteiger partial charge in [-0.25, -0.2) is 9.09 Å². The minimum absolute atomic E-state index is 0.0515. The maximum absolute atomic E-state index is 12.4. The molecule has 0 aromatic heterocycles. The Kier molecular flexibility index (Phi) is 3.21. The Bertz CT molecular complexity index is 1230. The van der Waals surface area contributed by atoms with Crippen LogP contribution in [0.25, 0.3) is 22.4 Å². The zero-order chi connectivity index (χ0) is 17.9. The molecular formula is C20H15O5P. The molecule has 0 amide bonds. The van der Waals surface area contributed by atoms with E-state index in [1.165, 1.54) is 0 Å². The second-order valence-electron chi connectivity index (χ2n) is 6.47. The van der Waals surface area contributed by atoms with E-state index < -0.39 is 13.6 Å². The summed E-state index contributed by atoms with van der Waals surface area (Å²) in [5, 5.41) is 14.7. The molecule has 0 saturated carbocycles. The lowest BCUT2D eigenvalue weighted by Gasteiger charge is -2.30. The van der Waals surface area contributed by atoms with Crippen molar-refractivity contribution >= 4 is 30.2 Å². The minimum atomic E-state index is -4.50. The van der Waals surface area contributed by atoms with Crippen molar-refractivity contribution in [1.29, 1.82) is 0 Å². The number of aliphatic hydroxyl groups is 1. The van der Waals surface area contributed by atoms with E-state index in [2.05, 4.69) is 0 Å². The summed E-state index contributed by atoms with van der Waals surface area (Å²) in [5.74, 6) is -1.73. The average Bonchev–Trinajstić information content (AvgIpc) is 2.71. The molecule has 130 valence electrons. The summed E-state index contributed by atoms with van der Waals surface area (Å²) in [6.45, 7) is 0. The Balaban J connectivity index is 2.04. The number of benzene rings is 3. The van der Waals surface area contributed by atoms with Crippen molar-refractivity contribution < 1.29 is 23.6 Å². The summed E-state index contributed by atoms with van der Waals surface area (Å²) in [6, 6.07) is 18.7. The van der Waals surface area contributed by atoms with Crippen LogP contribution >= 0.6 is 7.82 Å². The van der Waals surface area contributed by atoms with Gasteiger partial charge in [0.15, 0.2) is 0 Å². The molecule has 2 atom stereocenters. The molecule has 2 N–H and O–H groups in total. The predicted molar refractivity (Wildman–Crippen MR) is 97.7 cm³/mol. The van der Waals surface area contributed by atoms with Crippen LogP contribution in [0.3, 0.4) is 0 Å². The van der Waals surface area contributed by atoms with Gasteiger partial charge in [0.25, 0.3) is 0 Å². The maximum Gasteiger partial charge on any atom is 0.530 e. The van der Waals surface area contributed by atoms with E-state index in [1.807, 2.05) is 54.6 Å². The smallest absolute Gasteiger partial charge is 0.403 e. The number of hydrogen-bond donors (Lipinski definition) is 2. The molecule has 0 radical (unpaired) electrons. The number of phosphoric acid groups is 1. The van der Waals surface area contributed by atoms with Gasteiger partial charge in [0.1, 0.15) is 5.75 Å². The molecule has 1 unspecified atom stereocenters. The van der Waals surface area contributed by atoms with E-state index in [0.717, 1.165) is 21.2 Å². The normalized spacial score (nSPS) is 26.8. The van der Waals surface area contributed by atoms with Gasteiger partial charge in [-0.15, -0.1) is 0 Å². The van der Waals surface area contributed by atoms with Crippen molar-refractivity contribution in [3.63, 3.8) is 0 Å². The molecule has 0 spiro atoms. The van der Waals surface area contributed by atoms with Gasteiger partial charge in [0.05, 0.1) is 0 Å². The standard InChI is InChI=1S/C20H15O5P/c21-20-12-11-14-6-2-4-8-16(14)19(20)18-15-7-3-1-5-13(15)9-10-17(18)24-26(22,23)25-20/h1-11,21H,12H2,(H,22,23)/t20-/m0/s1. The largest absolute Gasteiger partial charge is 0.530 e. The molecule has 2 aliphatic rings. The zero-order valence-electron chi connectivity index (χ0n) is 13.6. The monoisotopic (exact) mass is 366 g/mol. The molecule has 0 bridgehead atoms. The Morgan fingerprint density at radius 3 is 2.65 bits per heavy atom. The highest BCUT2D eigenvalue weighted by molar-refractivity contribution is 7.48. The lowest BCUT2D eigenvalue weighted by Crippen LogP contribution is -2.44. The molecule has 26 heavy (non-hydrogen) atoms. The number of phosphoric ester groups is 1. The number of rotatable bonds is 0. The van der Waals surface area contributed by atoms with E-state index in [-0.39, 0.29) is 12.2 Å². The molecule has 1 heterocycles. The lowest BCUT2D eigenvalue weighted by atomic mass is 9.85. The van der Waals surface area contributed by atoms with E-state index >= 15 is 0 Å². The van der Waals surface area contributed by atoms with Crippen molar-refractivity contribution in [3.8, 4) is 5.75 Å². The van der Waals surface area contributed by atoms with Crippen LogP contribution in [0, 0.1) is 0 Å². The number of fused-ring (bicyclic) bond motifs is 6. The van der Waals surface area contributed by atoms with Crippen molar-refractivity contribution in [3.05, 3.63) is 76.7 Å². The van der Waals surface area contributed by atoms with Gasteiger partial charge in [-0.05, 0) is 27.3 Å². The van der Waals surface area contributed by atoms with Crippen LogP contribution in [0.15, 0.2) is 60.7 Å². The quantitative estimate of drug-likeness (QED) is 0.598. The highest BCUT2D eigenvalue weighted by Gasteiger charge is 2.47. The van der Waals surface area contributed by atoms with Gasteiger partial charge in [-0.2, -0.15) is 0 Å². The van der Waals surface area contributed by atoms with Crippen LogP contribution in [0.2, 0.25) is 0 Å². The van der Waals surface area contributed by atoms with Crippen LogP contribution in [0.1, 0.15) is 12.0 Å². The molecule has 6 heteroatoms. The molecule has 5 rings (SSSR count). The van der Waals surface area contributed by atoms with Crippen molar-refractivity contribution in [2.24, 2.45) is 0 Å². The van der Waals surface area contributed by atoms with E-state index in [4.69, 9.17) is 9.05 Å². The third-order valence-electron chi connectivity index (χ3n) is 4.84. The maximum atomic E-state index is 12.4. The lowest BCUT2D eigenvalue weighted by molar-refractivity contribution is -0.0911. The second-order valence-corrected chi connectivity index (χ2v) is 7.77. The van der Waals surface area contributed by atoms with Crippen LogP contribution in [-0.4, -0.2) is 15.8 Å². The van der Waals surface area contributed by atoms with E-state index in [1.54, 1.807) is 12.1 Å². The van der Waals surface area contributed by atoms with Gasteiger partial charge in [-0.1, -0.05) is 60.7 Å². The molecule has 1 aliphatic carbocycles. The van der Waals surface area contributed by atoms with Crippen LogP contribution in [0.4, 0.5) is 0 Å². The second kappa shape index (κ2) is 5.29. The van der Waals surface area contributed by atoms with Crippen molar-refractivity contribution in [1.82, 2.24) is 0 Å². The van der Waals surface area contributed by atoms with E-state index in [9.17, 15) is 14.6 Å². The first-order valence-electron chi connectivity index (χ1n) is 8.25. The summed E-state index contributed by atoms with van der Waals surface area (Å²) in [7, 11) is -4.50. The summed E-state index contributed by atoms with van der Waals surface area (Å²) < 4.78 is 23.0. The first-order chi connectivity index (χ1) is 12.5. The fourth-order valence-electron chi connectivity index (χ4n) is 3.80. The summed E-state index contributed by atoms with van der Waals surface area (Å²) in [5.41, 5.74) is 1.03. The van der Waals surface area contributed by atoms with Crippen molar-refractivity contribution in [2.75, 3.05) is 0 Å². The molecule has 3 aromatic rings. The average molecular weight is 366 g/mol. The van der Waals surface area contributed by atoms with Crippen molar-refractivity contribution in [2.45, 2.75) is 12.2 Å². The fourth-order valence-corrected chi connectivity index (χ4v) is 4.78. The molecule has 0 saturated heterocycles. The predicted octanol–water partition coefficient (Wildman–Crippen LogP) is 2.42. The molecule has 3 aromatic carbocycles. The van der Waals surface area contributed by atoms with Gasteiger partial charge >= 0.3 is 7.82 Å². The first-order valence-corrected chi connectivity index (χ1v) is 9.74. The van der Waals surface area contributed by atoms with Gasteiger partial charge < -0.3 is 9.63 Å².